The van der Waals surface area contributed by atoms with Gasteiger partial charge in [-0.05, 0) is 12.8 Å². The largest absolute Gasteiger partial charge is 0.396 e. The number of aliphatic hydroxyl groups excluding tert-OH is 1. The fraction of sp³-hybridized carbons (Fsp3) is 0.375. The molecular weight excluding hydrogens is 268 g/mol. The zero-order valence-electron chi connectivity index (χ0n) is 11.7. The number of carbonyl (C=O) groups excluding carboxylic acids is 1. The van der Waals surface area contributed by atoms with Crippen molar-refractivity contribution in [2.24, 2.45) is 5.92 Å². The number of hydrogen-bond acceptors (Lipinski definition) is 4. The molecule has 5 heteroatoms. The summed E-state index contributed by atoms with van der Waals surface area (Å²) in [4.78, 5) is 12.2. The lowest BCUT2D eigenvalue weighted by Crippen LogP contribution is -2.38. The van der Waals surface area contributed by atoms with Crippen LogP contribution in [0.3, 0.4) is 0 Å². The van der Waals surface area contributed by atoms with Gasteiger partial charge in [0, 0.05) is 30.2 Å². The van der Waals surface area contributed by atoms with E-state index < -0.39 is 0 Å². The highest BCUT2D eigenvalue weighted by Gasteiger charge is 2.28. The van der Waals surface area contributed by atoms with Crippen molar-refractivity contribution in [3.63, 3.8) is 0 Å². The number of carbonyl (C=O) groups is 1. The summed E-state index contributed by atoms with van der Waals surface area (Å²) < 4.78 is 5.23. The molecule has 0 bridgehead atoms. The number of aliphatic hydroxyl groups is 1. The Bertz CT molecular complexity index is 609. The third-order valence-corrected chi connectivity index (χ3v) is 4.01. The van der Waals surface area contributed by atoms with E-state index in [0.29, 0.717) is 5.76 Å². The van der Waals surface area contributed by atoms with Crippen molar-refractivity contribution in [1.29, 1.82) is 0 Å². The standard InChI is InChI=1S/C16H18N2O3/c19-10-12-7-4-8-13(12)17-16(20)14-9-15(21-18-14)11-5-2-1-3-6-11/h1-3,5-6,9,12-13,19H,4,7-8,10H2,(H,17,20). The molecule has 0 saturated heterocycles. The molecule has 1 aromatic heterocycles. The van der Waals surface area contributed by atoms with Crippen LogP contribution in [0.4, 0.5) is 0 Å². The third kappa shape index (κ3) is 2.97. The molecule has 1 saturated carbocycles. The maximum absolute atomic E-state index is 12.2. The molecule has 2 aromatic rings. The Morgan fingerprint density at radius 1 is 1.33 bits per heavy atom. The first kappa shape index (κ1) is 13.8. The SMILES string of the molecule is O=C(NC1CCCC1CO)c1cc(-c2ccccc2)on1. The smallest absolute Gasteiger partial charge is 0.273 e. The van der Waals surface area contributed by atoms with Gasteiger partial charge < -0.3 is 14.9 Å². The average Bonchev–Trinajstić information content (AvgIpc) is 3.17. The van der Waals surface area contributed by atoms with Crippen LogP contribution in [0.5, 0.6) is 0 Å². The van der Waals surface area contributed by atoms with Crippen molar-refractivity contribution in [2.45, 2.75) is 25.3 Å². The van der Waals surface area contributed by atoms with Crippen LogP contribution in [-0.2, 0) is 0 Å². The summed E-state index contributed by atoms with van der Waals surface area (Å²) in [6.45, 7) is 0.110. The second-order valence-electron chi connectivity index (χ2n) is 5.40. The van der Waals surface area contributed by atoms with E-state index in [4.69, 9.17) is 4.52 Å². The molecule has 1 aliphatic rings. The molecule has 2 unspecified atom stereocenters. The molecule has 1 amide bonds. The van der Waals surface area contributed by atoms with Gasteiger partial charge in [-0.3, -0.25) is 4.79 Å². The molecule has 1 aliphatic carbocycles. The maximum atomic E-state index is 12.2. The summed E-state index contributed by atoms with van der Waals surface area (Å²) in [5, 5.41) is 16.1. The molecule has 1 aromatic carbocycles. The van der Waals surface area contributed by atoms with E-state index in [-0.39, 0.29) is 30.2 Å². The normalized spacial score (nSPS) is 21.4. The quantitative estimate of drug-likeness (QED) is 0.903. The summed E-state index contributed by atoms with van der Waals surface area (Å²) in [7, 11) is 0. The molecule has 0 spiro atoms. The molecule has 2 N–H and O–H groups in total. The Morgan fingerprint density at radius 2 is 2.14 bits per heavy atom. The highest BCUT2D eigenvalue weighted by atomic mass is 16.5. The number of rotatable bonds is 4. The third-order valence-electron chi connectivity index (χ3n) is 4.01. The average molecular weight is 286 g/mol. The van der Waals surface area contributed by atoms with Gasteiger partial charge in [-0.25, -0.2) is 0 Å². The molecule has 1 heterocycles. The predicted octanol–water partition coefficient (Wildman–Crippen LogP) is 2.23. The summed E-state index contributed by atoms with van der Waals surface area (Å²) in [5.41, 5.74) is 1.16. The van der Waals surface area contributed by atoms with E-state index in [1.165, 1.54) is 0 Å². The number of nitrogens with one attached hydrogen (secondary N) is 1. The fourth-order valence-electron chi connectivity index (χ4n) is 2.81. The van der Waals surface area contributed by atoms with Crippen molar-refractivity contribution in [3.8, 4) is 11.3 Å². The highest BCUT2D eigenvalue weighted by molar-refractivity contribution is 5.93. The Hall–Kier alpha value is -2.14. The second kappa shape index (κ2) is 6.10. The van der Waals surface area contributed by atoms with Gasteiger partial charge in [0.2, 0.25) is 0 Å². The molecule has 0 aliphatic heterocycles. The van der Waals surface area contributed by atoms with Gasteiger partial charge in [0.1, 0.15) is 0 Å². The number of hydrogen-bond donors (Lipinski definition) is 2. The zero-order valence-corrected chi connectivity index (χ0v) is 11.7. The van der Waals surface area contributed by atoms with Crippen LogP contribution in [-0.4, -0.2) is 28.8 Å². The monoisotopic (exact) mass is 286 g/mol. The zero-order chi connectivity index (χ0) is 14.7. The summed E-state index contributed by atoms with van der Waals surface area (Å²) >= 11 is 0. The Morgan fingerprint density at radius 3 is 2.90 bits per heavy atom. The number of nitrogens with zero attached hydrogens (tertiary/aromatic N) is 1. The molecule has 3 rings (SSSR count). The number of aromatic nitrogens is 1. The van der Waals surface area contributed by atoms with Crippen molar-refractivity contribution in [1.82, 2.24) is 10.5 Å². The van der Waals surface area contributed by atoms with Crippen LogP contribution in [0.1, 0.15) is 29.8 Å². The first-order valence-corrected chi connectivity index (χ1v) is 7.22. The minimum absolute atomic E-state index is 0.0272. The van der Waals surface area contributed by atoms with Crippen molar-refractivity contribution in [3.05, 3.63) is 42.1 Å². The van der Waals surface area contributed by atoms with Gasteiger partial charge in [0.05, 0.1) is 0 Å². The first-order chi connectivity index (χ1) is 10.3. The highest BCUT2D eigenvalue weighted by Crippen LogP contribution is 2.25. The van der Waals surface area contributed by atoms with Crippen LogP contribution in [0.25, 0.3) is 11.3 Å². The molecule has 5 nitrogen and oxygen atoms in total. The number of amides is 1. The van der Waals surface area contributed by atoms with E-state index in [1.54, 1.807) is 6.07 Å². The predicted molar refractivity (Wildman–Crippen MR) is 77.6 cm³/mol. The fourth-order valence-corrected chi connectivity index (χ4v) is 2.81. The minimum Gasteiger partial charge on any atom is -0.396 e. The van der Waals surface area contributed by atoms with E-state index in [2.05, 4.69) is 10.5 Å². The molecule has 1 fully saturated rings. The van der Waals surface area contributed by atoms with Gasteiger partial charge in [-0.15, -0.1) is 0 Å². The Kier molecular flexibility index (Phi) is 4.01. The molecule has 21 heavy (non-hydrogen) atoms. The van der Waals surface area contributed by atoms with E-state index in [0.717, 1.165) is 24.8 Å². The van der Waals surface area contributed by atoms with Crippen LogP contribution >= 0.6 is 0 Å². The van der Waals surface area contributed by atoms with Gasteiger partial charge in [0.25, 0.3) is 5.91 Å². The molecular formula is C16H18N2O3. The van der Waals surface area contributed by atoms with E-state index in [9.17, 15) is 9.90 Å². The lowest BCUT2D eigenvalue weighted by Gasteiger charge is -2.17. The summed E-state index contributed by atoms with van der Waals surface area (Å²) in [5.74, 6) is 0.478. The summed E-state index contributed by atoms with van der Waals surface area (Å²) in [6.07, 6.45) is 2.89. The van der Waals surface area contributed by atoms with Gasteiger partial charge in [-0.2, -0.15) is 0 Å². The van der Waals surface area contributed by atoms with Crippen molar-refractivity contribution in [2.75, 3.05) is 6.61 Å². The summed E-state index contributed by atoms with van der Waals surface area (Å²) in [6, 6.07) is 11.2. The van der Waals surface area contributed by atoms with Crippen LogP contribution < -0.4 is 5.32 Å². The van der Waals surface area contributed by atoms with Gasteiger partial charge in [-0.1, -0.05) is 41.9 Å². The molecule has 110 valence electrons. The lowest BCUT2D eigenvalue weighted by atomic mass is 10.1. The Labute approximate surface area is 123 Å². The van der Waals surface area contributed by atoms with Crippen LogP contribution in [0.15, 0.2) is 40.9 Å². The van der Waals surface area contributed by atoms with E-state index in [1.807, 2.05) is 30.3 Å². The lowest BCUT2D eigenvalue weighted by molar-refractivity contribution is 0.0907. The van der Waals surface area contributed by atoms with Crippen molar-refractivity contribution >= 4 is 5.91 Å². The minimum atomic E-state index is -0.244. The number of benzene rings is 1. The maximum Gasteiger partial charge on any atom is 0.273 e. The Balaban J connectivity index is 1.70. The van der Waals surface area contributed by atoms with Gasteiger partial charge in [0.15, 0.2) is 11.5 Å². The molecule has 2 atom stereocenters. The van der Waals surface area contributed by atoms with E-state index >= 15 is 0 Å². The van der Waals surface area contributed by atoms with Crippen LogP contribution in [0, 0.1) is 5.92 Å². The molecule has 0 radical (unpaired) electrons. The first-order valence-electron chi connectivity index (χ1n) is 7.22. The second-order valence-corrected chi connectivity index (χ2v) is 5.40. The van der Waals surface area contributed by atoms with Crippen molar-refractivity contribution < 1.29 is 14.4 Å². The van der Waals surface area contributed by atoms with Gasteiger partial charge >= 0.3 is 0 Å². The topological polar surface area (TPSA) is 75.4 Å². The van der Waals surface area contributed by atoms with Crippen LogP contribution in [0.2, 0.25) is 0 Å².